The first-order valence-corrected chi connectivity index (χ1v) is 20.8. The van der Waals surface area contributed by atoms with Crippen LogP contribution in [0.25, 0.3) is 0 Å². The smallest absolute Gasteiger partial charge is 0.444 e. The fourth-order valence-corrected chi connectivity index (χ4v) is 5.88. The summed E-state index contributed by atoms with van der Waals surface area (Å²) in [6.45, 7) is 35.0. The summed E-state index contributed by atoms with van der Waals surface area (Å²) >= 11 is 15.5. The molecule has 0 unspecified atom stereocenters. The Labute approximate surface area is 365 Å². The summed E-state index contributed by atoms with van der Waals surface area (Å²) in [6.07, 6.45) is -1.02. The first kappa shape index (κ1) is 50.4. The van der Waals surface area contributed by atoms with Gasteiger partial charge < -0.3 is 37.4 Å². The lowest BCUT2D eigenvalue weighted by atomic mass is 9.49. The number of anilines is 2. The number of benzene rings is 2. The third-order valence-electron chi connectivity index (χ3n) is 10.5. The van der Waals surface area contributed by atoms with Gasteiger partial charge in [0, 0.05) is 26.3 Å². The van der Waals surface area contributed by atoms with E-state index in [0.717, 1.165) is 9.94 Å². The molecule has 2 aromatic carbocycles. The first-order chi connectivity index (χ1) is 26.0. The van der Waals surface area contributed by atoms with Crippen LogP contribution in [-0.2, 0) is 37.4 Å². The topological polar surface area (TPSA) is 132 Å². The van der Waals surface area contributed by atoms with Gasteiger partial charge in [-0.1, -0.05) is 29.3 Å². The molecule has 12 nitrogen and oxygen atoms in total. The molecule has 0 atom stereocenters. The maximum absolute atomic E-state index is 11.8. The fraction of sp³-hybridized carbons (Fsp3) is 0.650. The highest BCUT2D eigenvalue weighted by molar-refractivity contribution is 9.10. The molecule has 2 amide bonds. The number of amides is 2. The van der Waals surface area contributed by atoms with E-state index in [-0.39, 0.29) is 22.4 Å². The minimum absolute atomic E-state index is 0.360. The molecule has 5 rings (SSSR count). The second-order valence-corrected chi connectivity index (χ2v) is 21.1. The summed E-state index contributed by atoms with van der Waals surface area (Å²) in [5.41, 5.74) is -1.50. The van der Waals surface area contributed by atoms with Gasteiger partial charge in [-0.05, 0) is 171 Å². The maximum atomic E-state index is 11.8. The minimum Gasteiger partial charge on any atom is -0.444 e. The number of ether oxygens (including phenoxy) is 2. The van der Waals surface area contributed by atoms with E-state index >= 15 is 0 Å². The van der Waals surface area contributed by atoms with Crippen LogP contribution in [-0.4, -0.2) is 78.1 Å². The molecule has 322 valence electrons. The summed E-state index contributed by atoms with van der Waals surface area (Å²) in [5.74, 6) is 0. The molecular formula is C40H62B3BrCl2N2O10. The number of carbonyl (C=O) groups excluding carboxylic acids is 2. The van der Waals surface area contributed by atoms with Crippen LogP contribution in [0.1, 0.15) is 125 Å². The first-order valence-electron chi connectivity index (χ1n) is 19.3. The molecule has 0 saturated carbocycles. The lowest BCUT2D eigenvalue weighted by Crippen LogP contribution is -2.41. The maximum Gasteiger partial charge on any atom is 0.496 e. The Hall–Kier alpha value is -2.01. The molecular weight excluding hydrogens is 852 g/mol. The predicted octanol–water partition coefficient (Wildman–Crippen LogP) is 10.7. The summed E-state index contributed by atoms with van der Waals surface area (Å²) in [7, 11) is -1.50. The summed E-state index contributed by atoms with van der Waals surface area (Å²) in [5, 5.41) is 6.26. The van der Waals surface area contributed by atoms with Crippen LogP contribution in [0.5, 0.6) is 0 Å². The molecule has 0 bridgehead atoms. The lowest BCUT2D eigenvalue weighted by molar-refractivity contribution is 0.00578. The van der Waals surface area contributed by atoms with Crippen molar-refractivity contribution in [2.75, 3.05) is 10.6 Å². The summed E-state index contributed by atoms with van der Waals surface area (Å²) < 4.78 is 47.0. The molecule has 0 aromatic heterocycles. The van der Waals surface area contributed by atoms with E-state index in [9.17, 15) is 9.59 Å². The van der Waals surface area contributed by atoms with Gasteiger partial charge in [0.1, 0.15) is 11.2 Å². The molecule has 2 N–H and O–H groups in total. The molecule has 0 spiro atoms. The van der Waals surface area contributed by atoms with Crippen molar-refractivity contribution in [3.05, 3.63) is 50.9 Å². The van der Waals surface area contributed by atoms with Crippen LogP contribution in [0.15, 0.2) is 40.9 Å². The number of hydrogen-bond acceptors (Lipinski definition) is 10. The molecule has 2 aromatic rings. The van der Waals surface area contributed by atoms with E-state index in [4.69, 9.17) is 60.6 Å². The van der Waals surface area contributed by atoms with Crippen LogP contribution in [0.2, 0.25) is 10.0 Å². The predicted molar refractivity (Wildman–Crippen MR) is 238 cm³/mol. The summed E-state index contributed by atoms with van der Waals surface area (Å²) in [4.78, 5) is 23.3. The fourth-order valence-electron chi connectivity index (χ4n) is 5.18. The molecule has 3 fully saturated rings. The van der Waals surface area contributed by atoms with Gasteiger partial charge in [0.2, 0.25) is 0 Å². The van der Waals surface area contributed by atoms with Crippen LogP contribution < -0.4 is 16.1 Å². The van der Waals surface area contributed by atoms with E-state index in [0.29, 0.717) is 21.4 Å². The Kier molecular flexibility index (Phi) is 15.4. The van der Waals surface area contributed by atoms with Gasteiger partial charge in [-0.15, -0.1) is 0 Å². The molecule has 3 saturated heterocycles. The van der Waals surface area contributed by atoms with Gasteiger partial charge in [-0.3, -0.25) is 10.6 Å². The molecule has 3 aliphatic rings. The minimum atomic E-state index is -0.559. The van der Waals surface area contributed by atoms with Crippen molar-refractivity contribution >= 4 is 89.3 Å². The molecule has 0 radical (unpaired) electrons. The average molecular weight is 914 g/mol. The van der Waals surface area contributed by atoms with Crippen LogP contribution >= 0.6 is 39.1 Å². The molecule has 0 aliphatic carbocycles. The highest BCUT2D eigenvalue weighted by atomic mass is 79.9. The zero-order chi connectivity index (χ0) is 44.7. The third kappa shape index (κ3) is 13.2. The van der Waals surface area contributed by atoms with E-state index < -0.39 is 55.7 Å². The number of nitrogens with one attached hydrogen (secondary N) is 2. The summed E-state index contributed by atoms with van der Waals surface area (Å²) in [6, 6.07) is 10.3. The molecule has 3 heterocycles. The van der Waals surface area contributed by atoms with Gasteiger partial charge in [-0.25, -0.2) is 9.59 Å². The largest absolute Gasteiger partial charge is 0.496 e. The Bertz CT molecular complexity index is 1720. The van der Waals surface area contributed by atoms with Crippen molar-refractivity contribution in [3.63, 3.8) is 0 Å². The second-order valence-electron chi connectivity index (χ2n) is 19.5. The third-order valence-corrected chi connectivity index (χ3v) is 12.0. The number of hydrogen-bond donors (Lipinski definition) is 2. The quantitative estimate of drug-likeness (QED) is 0.286. The second kappa shape index (κ2) is 17.8. The Morgan fingerprint density at radius 2 is 0.862 bits per heavy atom. The van der Waals surface area contributed by atoms with Crippen molar-refractivity contribution in [3.8, 4) is 0 Å². The molecule has 18 heteroatoms. The van der Waals surface area contributed by atoms with E-state index in [1.165, 1.54) is 0 Å². The Morgan fingerprint density at radius 3 is 1.17 bits per heavy atom. The van der Waals surface area contributed by atoms with Crippen molar-refractivity contribution in [1.29, 1.82) is 0 Å². The normalized spacial score (nSPS) is 20.9. The van der Waals surface area contributed by atoms with Crippen LogP contribution in [0.3, 0.4) is 0 Å². The number of rotatable bonds is 4. The van der Waals surface area contributed by atoms with Crippen molar-refractivity contribution in [2.24, 2.45) is 0 Å². The standard InChI is InChI=1S/C17H25BClNO4.C12H24B2O4.C11H13BrClNO2/c1-15(2,3)22-14(21)20-11-8-9-12(13(19)10-11)18-23-16(4,5)17(6,7)24-18;1-9(2)10(3,4)16-13(15-9)14-17-11(5,6)12(7,8)18-14;1-11(2,3)16-10(15)14-7-4-5-8(12)9(13)6-7/h8-10H,1-7H3,(H,20,21);1-8H3;4-6H,1-3H3,(H,14,15). The van der Waals surface area contributed by atoms with Gasteiger partial charge >= 0.3 is 33.3 Å². The monoisotopic (exact) mass is 912 g/mol. The Balaban J connectivity index is 0.000000239. The van der Waals surface area contributed by atoms with Crippen molar-refractivity contribution < 1.29 is 47.0 Å². The Morgan fingerprint density at radius 1 is 0.552 bits per heavy atom. The van der Waals surface area contributed by atoms with Gasteiger partial charge in [0.15, 0.2) is 0 Å². The average Bonchev–Trinajstić information content (AvgIpc) is 3.46. The zero-order valence-corrected chi connectivity index (χ0v) is 40.5. The van der Waals surface area contributed by atoms with E-state index in [2.05, 4.69) is 26.6 Å². The van der Waals surface area contributed by atoms with Crippen LogP contribution in [0.4, 0.5) is 21.0 Å². The molecule has 58 heavy (non-hydrogen) atoms. The van der Waals surface area contributed by atoms with E-state index in [1.54, 1.807) is 77.9 Å². The van der Waals surface area contributed by atoms with Gasteiger partial charge in [-0.2, -0.15) is 0 Å². The number of carbonyl (C=O) groups is 2. The van der Waals surface area contributed by atoms with Crippen LogP contribution in [0, 0.1) is 0 Å². The van der Waals surface area contributed by atoms with Crippen molar-refractivity contribution in [2.45, 2.75) is 169 Å². The molecule has 3 aliphatic heterocycles. The van der Waals surface area contributed by atoms with Gasteiger partial charge in [0.05, 0.1) is 38.6 Å². The SMILES string of the molecule is CC(C)(C)OC(=O)Nc1ccc(B2OC(C)(C)C(C)(C)O2)c(Cl)c1.CC(C)(C)OC(=O)Nc1ccc(Br)c(Cl)c1.CC1(C)OB(B2OC(C)(C)C(C)(C)O2)OC1(C)C. The van der Waals surface area contributed by atoms with Gasteiger partial charge in [0.25, 0.3) is 0 Å². The number of halogens is 3. The highest BCUT2D eigenvalue weighted by Gasteiger charge is 2.63. The zero-order valence-electron chi connectivity index (χ0n) is 37.4. The van der Waals surface area contributed by atoms with E-state index in [1.807, 2.05) is 83.1 Å². The highest BCUT2D eigenvalue weighted by Crippen LogP contribution is 2.43. The van der Waals surface area contributed by atoms with Crippen molar-refractivity contribution in [1.82, 2.24) is 0 Å². The lowest BCUT2D eigenvalue weighted by Gasteiger charge is -2.32.